The Morgan fingerprint density at radius 2 is 1.81 bits per heavy atom. The lowest BCUT2D eigenvalue weighted by atomic mass is 10.0. The molecule has 0 spiro atoms. The van der Waals surface area contributed by atoms with Gasteiger partial charge in [0.05, 0.1) is 13.2 Å². The fraction of sp³-hybridized carbons (Fsp3) is 0.421. The van der Waals surface area contributed by atoms with Crippen LogP contribution in [0.5, 0.6) is 0 Å². The smallest absolute Gasteiger partial charge is 0.408 e. The van der Waals surface area contributed by atoms with E-state index in [1.54, 1.807) is 20.8 Å². The van der Waals surface area contributed by atoms with Gasteiger partial charge in [0.25, 0.3) is 0 Å². The Labute approximate surface area is 153 Å². The maximum absolute atomic E-state index is 12.4. The summed E-state index contributed by atoms with van der Waals surface area (Å²) in [5.74, 6) is -0.771. The highest BCUT2D eigenvalue weighted by Gasteiger charge is 2.23. The molecule has 0 aliphatic carbocycles. The first kappa shape index (κ1) is 21.2. The summed E-state index contributed by atoms with van der Waals surface area (Å²) in [4.78, 5) is 35.5. The molecule has 142 valence electrons. The van der Waals surface area contributed by atoms with Crippen molar-refractivity contribution >= 4 is 17.8 Å². The molecule has 0 aliphatic heterocycles. The van der Waals surface area contributed by atoms with Crippen LogP contribution in [0.15, 0.2) is 42.6 Å². The first-order valence-corrected chi connectivity index (χ1v) is 8.25. The second-order valence-corrected chi connectivity index (χ2v) is 6.58. The van der Waals surface area contributed by atoms with E-state index in [0.717, 1.165) is 5.56 Å². The fourth-order valence-electron chi connectivity index (χ4n) is 1.99. The Kier molecular flexibility index (Phi) is 8.34. The van der Waals surface area contributed by atoms with Crippen LogP contribution in [0.1, 0.15) is 26.3 Å². The number of methoxy groups -OCH3 is 1. The summed E-state index contributed by atoms with van der Waals surface area (Å²) >= 11 is 0. The largest absolute Gasteiger partial charge is 0.468 e. The van der Waals surface area contributed by atoms with E-state index < -0.39 is 23.7 Å². The van der Waals surface area contributed by atoms with Gasteiger partial charge in [-0.25, -0.2) is 4.79 Å². The first-order chi connectivity index (χ1) is 12.2. The molecule has 7 nitrogen and oxygen atoms in total. The van der Waals surface area contributed by atoms with Crippen molar-refractivity contribution in [2.45, 2.75) is 38.8 Å². The highest BCUT2D eigenvalue weighted by Crippen LogP contribution is 2.09. The zero-order valence-corrected chi connectivity index (χ0v) is 15.6. The molecule has 26 heavy (non-hydrogen) atoms. The van der Waals surface area contributed by atoms with E-state index in [4.69, 9.17) is 4.74 Å². The molecule has 1 rings (SSSR count). The van der Waals surface area contributed by atoms with Crippen LogP contribution < -0.4 is 10.6 Å². The van der Waals surface area contributed by atoms with Crippen molar-refractivity contribution in [3.63, 3.8) is 0 Å². The number of nitrogens with one attached hydrogen (secondary N) is 2. The molecular formula is C19H26N2O5. The van der Waals surface area contributed by atoms with Crippen LogP contribution in [0, 0.1) is 0 Å². The monoisotopic (exact) mass is 362 g/mol. The average molecular weight is 362 g/mol. The number of hydrogen-bond donors (Lipinski definition) is 2. The van der Waals surface area contributed by atoms with Gasteiger partial charge in [-0.05, 0) is 32.4 Å². The summed E-state index contributed by atoms with van der Waals surface area (Å²) in [5, 5.41) is 5.26. The van der Waals surface area contributed by atoms with E-state index in [2.05, 4.69) is 15.4 Å². The van der Waals surface area contributed by atoms with Crippen LogP contribution >= 0.6 is 0 Å². The summed E-state index contributed by atoms with van der Waals surface area (Å²) in [5.41, 5.74) is 0.236. The van der Waals surface area contributed by atoms with Gasteiger partial charge in [0.2, 0.25) is 0 Å². The van der Waals surface area contributed by atoms with Gasteiger partial charge in [-0.1, -0.05) is 30.3 Å². The maximum Gasteiger partial charge on any atom is 0.408 e. The van der Waals surface area contributed by atoms with Gasteiger partial charge in [-0.2, -0.15) is 0 Å². The quantitative estimate of drug-likeness (QED) is 0.542. The molecule has 0 aliphatic rings. The highest BCUT2D eigenvalue weighted by atomic mass is 16.6. The van der Waals surface area contributed by atoms with E-state index in [9.17, 15) is 14.4 Å². The second kappa shape index (κ2) is 10.2. The van der Waals surface area contributed by atoms with Crippen molar-refractivity contribution in [2.75, 3.05) is 13.7 Å². The molecular weight excluding hydrogens is 336 g/mol. The third-order valence-corrected chi connectivity index (χ3v) is 3.16. The van der Waals surface area contributed by atoms with Gasteiger partial charge < -0.3 is 20.1 Å². The number of amides is 1. The zero-order chi connectivity index (χ0) is 19.6. The maximum atomic E-state index is 12.4. The van der Waals surface area contributed by atoms with Crippen molar-refractivity contribution in [1.29, 1.82) is 0 Å². The number of esters is 1. The molecule has 1 aromatic carbocycles. The number of rotatable bonds is 8. The van der Waals surface area contributed by atoms with Crippen LogP contribution in [-0.4, -0.2) is 43.1 Å². The highest BCUT2D eigenvalue weighted by molar-refractivity contribution is 5.96. The number of hydrogen-bond acceptors (Lipinski definition) is 6. The summed E-state index contributed by atoms with van der Waals surface area (Å²) < 4.78 is 9.71. The molecule has 0 bridgehead atoms. The predicted molar refractivity (Wildman–Crippen MR) is 97.5 cm³/mol. The molecule has 1 aromatic rings. The van der Waals surface area contributed by atoms with Crippen molar-refractivity contribution in [3.05, 3.63) is 48.2 Å². The predicted octanol–water partition coefficient (Wildman–Crippen LogP) is 1.97. The van der Waals surface area contributed by atoms with E-state index >= 15 is 0 Å². The van der Waals surface area contributed by atoms with Gasteiger partial charge >= 0.3 is 12.1 Å². The SMILES string of the molecule is COC(=O)CN/C=C\C(=O)[C@H](Cc1ccccc1)NC(=O)OC(C)(C)C. The number of ketones is 1. The molecule has 1 atom stereocenters. The summed E-state index contributed by atoms with van der Waals surface area (Å²) in [6.45, 7) is 5.19. The average Bonchev–Trinajstić information content (AvgIpc) is 2.57. The molecule has 0 aromatic heterocycles. The molecule has 1 amide bonds. The molecule has 0 heterocycles. The normalized spacial score (nSPS) is 12.3. The first-order valence-electron chi connectivity index (χ1n) is 8.25. The molecule has 0 unspecified atom stereocenters. The van der Waals surface area contributed by atoms with Crippen LogP contribution in [-0.2, 0) is 25.5 Å². The molecule has 2 N–H and O–H groups in total. The topological polar surface area (TPSA) is 93.7 Å². The molecule has 0 saturated carbocycles. The van der Waals surface area contributed by atoms with Crippen molar-refractivity contribution < 1.29 is 23.9 Å². The molecule has 0 saturated heterocycles. The standard InChI is InChI=1S/C19H26N2O5/c1-19(2,3)26-18(24)21-15(12-14-8-6-5-7-9-14)16(22)10-11-20-13-17(23)25-4/h5-11,15,20H,12-13H2,1-4H3,(H,21,24)/b11-10-/t15-/m0/s1. The van der Waals surface area contributed by atoms with Crippen LogP contribution in [0.3, 0.4) is 0 Å². The lowest BCUT2D eigenvalue weighted by Crippen LogP contribution is -2.44. The van der Waals surface area contributed by atoms with Crippen LogP contribution in [0.4, 0.5) is 4.79 Å². The summed E-state index contributed by atoms with van der Waals surface area (Å²) in [7, 11) is 1.28. The summed E-state index contributed by atoms with van der Waals surface area (Å²) in [6, 6.07) is 8.55. The van der Waals surface area contributed by atoms with Gasteiger partial charge in [0.15, 0.2) is 5.78 Å². The van der Waals surface area contributed by atoms with Crippen molar-refractivity contribution in [2.24, 2.45) is 0 Å². The number of alkyl carbamates (subject to hydrolysis) is 1. The Morgan fingerprint density at radius 3 is 2.38 bits per heavy atom. The fourth-order valence-corrected chi connectivity index (χ4v) is 1.99. The van der Waals surface area contributed by atoms with Crippen LogP contribution in [0.2, 0.25) is 0 Å². The Hall–Kier alpha value is -2.83. The van der Waals surface area contributed by atoms with Gasteiger partial charge in [0.1, 0.15) is 12.1 Å². The van der Waals surface area contributed by atoms with E-state index in [1.807, 2.05) is 30.3 Å². The Balaban J connectivity index is 2.75. The molecule has 0 fully saturated rings. The van der Waals surface area contributed by atoms with E-state index in [-0.39, 0.29) is 12.3 Å². The second-order valence-electron chi connectivity index (χ2n) is 6.58. The number of ether oxygens (including phenoxy) is 2. The van der Waals surface area contributed by atoms with Gasteiger partial charge in [0, 0.05) is 12.6 Å². The third kappa shape index (κ3) is 8.86. The van der Waals surface area contributed by atoms with Gasteiger partial charge in [-0.3, -0.25) is 9.59 Å². The van der Waals surface area contributed by atoms with Crippen molar-refractivity contribution in [1.82, 2.24) is 10.6 Å². The minimum absolute atomic E-state index is 0.0525. The number of benzene rings is 1. The minimum atomic E-state index is -0.788. The summed E-state index contributed by atoms with van der Waals surface area (Å²) in [6.07, 6.45) is 2.28. The van der Waals surface area contributed by atoms with Gasteiger partial charge in [-0.15, -0.1) is 0 Å². The molecule has 7 heteroatoms. The van der Waals surface area contributed by atoms with Crippen molar-refractivity contribution in [3.8, 4) is 0 Å². The molecule has 0 radical (unpaired) electrons. The van der Waals surface area contributed by atoms with E-state index in [1.165, 1.54) is 19.4 Å². The third-order valence-electron chi connectivity index (χ3n) is 3.16. The van der Waals surface area contributed by atoms with E-state index in [0.29, 0.717) is 6.42 Å². The lowest BCUT2D eigenvalue weighted by Gasteiger charge is -2.22. The number of carbonyl (C=O) groups is 3. The Bertz CT molecular complexity index is 635. The zero-order valence-electron chi connectivity index (χ0n) is 15.6. The minimum Gasteiger partial charge on any atom is -0.468 e. The Morgan fingerprint density at radius 1 is 1.15 bits per heavy atom. The lowest BCUT2D eigenvalue weighted by molar-refractivity contribution is -0.139. The number of carbonyl (C=O) groups excluding carboxylic acids is 3. The van der Waals surface area contributed by atoms with Crippen LogP contribution in [0.25, 0.3) is 0 Å².